The number of nitrogens with one attached hydrogen (secondary N) is 1. The summed E-state index contributed by atoms with van der Waals surface area (Å²) in [6.07, 6.45) is 1.71. The topological polar surface area (TPSA) is 54.9 Å². The van der Waals surface area contributed by atoms with E-state index < -0.39 is 0 Å². The molecule has 0 unspecified atom stereocenters. The predicted octanol–water partition coefficient (Wildman–Crippen LogP) is 3.44. The van der Waals surface area contributed by atoms with Gasteiger partial charge in [-0.1, -0.05) is 35.9 Å². The number of hydrogen-bond donors (Lipinski definition) is 1. The first-order chi connectivity index (χ1) is 10.7. The van der Waals surface area contributed by atoms with Crippen LogP contribution in [0.2, 0.25) is 0 Å². The molecule has 2 heterocycles. The molecule has 0 aliphatic carbocycles. The highest BCUT2D eigenvalue weighted by molar-refractivity contribution is 7.13. The van der Waals surface area contributed by atoms with Gasteiger partial charge in [0.2, 0.25) is 0 Å². The molecule has 1 aromatic carbocycles. The average molecular weight is 309 g/mol. The van der Waals surface area contributed by atoms with Crippen molar-refractivity contribution in [1.29, 1.82) is 0 Å². The predicted molar refractivity (Wildman–Crippen MR) is 87.7 cm³/mol. The Morgan fingerprint density at radius 1 is 1.18 bits per heavy atom. The van der Waals surface area contributed by atoms with Crippen LogP contribution in [-0.4, -0.2) is 15.9 Å². The number of benzene rings is 1. The van der Waals surface area contributed by atoms with Gasteiger partial charge in [0.05, 0.1) is 12.2 Å². The molecule has 0 bridgehead atoms. The average Bonchev–Trinajstić information content (AvgIpc) is 3.04. The zero-order valence-corrected chi connectivity index (χ0v) is 12.9. The Morgan fingerprint density at radius 3 is 2.73 bits per heavy atom. The number of pyridine rings is 1. The molecular weight excluding hydrogens is 294 g/mol. The number of aryl methyl sites for hydroxylation is 1. The number of hydrogen-bond acceptors (Lipinski definition) is 4. The van der Waals surface area contributed by atoms with Gasteiger partial charge in [-0.25, -0.2) is 4.98 Å². The number of thiazole rings is 1. The van der Waals surface area contributed by atoms with Crippen LogP contribution in [-0.2, 0) is 6.54 Å². The molecule has 3 aromatic rings. The van der Waals surface area contributed by atoms with Crippen LogP contribution in [0.4, 0.5) is 0 Å². The molecule has 0 radical (unpaired) electrons. The monoisotopic (exact) mass is 309 g/mol. The van der Waals surface area contributed by atoms with Crippen molar-refractivity contribution < 1.29 is 4.79 Å². The summed E-state index contributed by atoms with van der Waals surface area (Å²) in [5.74, 6) is -0.180. The Kier molecular flexibility index (Phi) is 4.25. The lowest BCUT2D eigenvalue weighted by Crippen LogP contribution is -2.23. The van der Waals surface area contributed by atoms with Crippen LogP contribution >= 0.6 is 11.3 Å². The van der Waals surface area contributed by atoms with Gasteiger partial charge in [0.15, 0.2) is 0 Å². The summed E-state index contributed by atoms with van der Waals surface area (Å²) in [5.41, 5.74) is 3.49. The van der Waals surface area contributed by atoms with Crippen molar-refractivity contribution >= 4 is 17.2 Å². The Balaban J connectivity index is 1.68. The van der Waals surface area contributed by atoms with Crippen molar-refractivity contribution in [2.24, 2.45) is 0 Å². The highest BCUT2D eigenvalue weighted by Crippen LogP contribution is 2.23. The van der Waals surface area contributed by atoms with Crippen molar-refractivity contribution in [2.75, 3.05) is 0 Å². The standard InChI is InChI=1S/C17H15N3OS/c1-12-5-7-13(8-6-12)17-20-15(11-22-17)16(21)19-10-14-4-2-3-9-18-14/h2-9,11H,10H2,1H3,(H,19,21). The molecule has 4 nitrogen and oxygen atoms in total. The molecule has 0 atom stereocenters. The van der Waals surface area contributed by atoms with E-state index in [1.54, 1.807) is 11.6 Å². The van der Waals surface area contributed by atoms with Gasteiger partial charge in [-0.05, 0) is 19.1 Å². The lowest BCUT2D eigenvalue weighted by molar-refractivity contribution is 0.0946. The van der Waals surface area contributed by atoms with Crippen LogP contribution in [0, 0.1) is 6.92 Å². The molecule has 0 saturated heterocycles. The van der Waals surface area contributed by atoms with E-state index in [2.05, 4.69) is 15.3 Å². The zero-order chi connectivity index (χ0) is 15.4. The number of carbonyl (C=O) groups is 1. The highest BCUT2D eigenvalue weighted by Gasteiger charge is 2.11. The molecule has 0 aliphatic heterocycles. The number of carbonyl (C=O) groups excluding carboxylic acids is 1. The number of aromatic nitrogens is 2. The molecule has 1 amide bonds. The normalized spacial score (nSPS) is 10.4. The quantitative estimate of drug-likeness (QED) is 0.803. The summed E-state index contributed by atoms with van der Waals surface area (Å²) < 4.78 is 0. The summed E-state index contributed by atoms with van der Waals surface area (Å²) in [6.45, 7) is 2.44. The van der Waals surface area contributed by atoms with E-state index in [1.165, 1.54) is 16.9 Å². The largest absolute Gasteiger partial charge is 0.345 e. The maximum Gasteiger partial charge on any atom is 0.271 e. The fourth-order valence-electron chi connectivity index (χ4n) is 1.97. The molecule has 22 heavy (non-hydrogen) atoms. The van der Waals surface area contributed by atoms with Gasteiger partial charge in [0.1, 0.15) is 10.7 Å². The maximum atomic E-state index is 12.1. The first-order valence-electron chi connectivity index (χ1n) is 6.93. The Hall–Kier alpha value is -2.53. The first kappa shape index (κ1) is 14.4. The number of amides is 1. The van der Waals surface area contributed by atoms with Crippen LogP contribution in [0.1, 0.15) is 21.7 Å². The summed E-state index contributed by atoms with van der Waals surface area (Å²) in [7, 11) is 0. The molecule has 0 spiro atoms. The van der Waals surface area contributed by atoms with E-state index in [-0.39, 0.29) is 5.91 Å². The third-order valence-corrected chi connectivity index (χ3v) is 4.08. The lowest BCUT2D eigenvalue weighted by atomic mass is 10.2. The van der Waals surface area contributed by atoms with Crippen LogP contribution in [0.3, 0.4) is 0 Å². The van der Waals surface area contributed by atoms with Crippen molar-refractivity contribution in [2.45, 2.75) is 13.5 Å². The van der Waals surface area contributed by atoms with Gasteiger partial charge < -0.3 is 5.32 Å². The Morgan fingerprint density at radius 2 is 2.00 bits per heavy atom. The smallest absolute Gasteiger partial charge is 0.271 e. The molecule has 110 valence electrons. The van der Waals surface area contributed by atoms with E-state index >= 15 is 0 Å². The number of nitrogens with zero attached hydrogens (tertiary/aromatic N) is 2. The van der Waals surface area contributed by atoms with Gasteiger partial charge in [-0.15, -0.1) is 11.3 Å². The SMILES string of the molecule is Cc1ccc(-c2nc(C(=O)NCc3ccccn3)cs2)cc1. The molecular formula is C17H15N3OS. The van der Waals surface area contributed by atoms with Gasteiger partial charge >= 0.3 is 0 Å². The zero-order valence-electron chi connectivity index (χ0n) is 12.1. The van der Waals surface area contributed by atoms with E-state index in [9.17, 15) is 4.79 Å². The fraction of sp³-hybridized carbons (Fsp3) is 0.118. The van der Waals surface area contributed by atoms with Gasteiger partial charge in [0.25, 0.3) is 5.91 Å². The van der Waals surface area contributed by atoms with Crippen LogP contribution in [0.5, 0.6) is 0 Å². The summed E-state index contributed by atoms with van der Waals surface area (Å²) >= 11 is 1.47. The first-order valence-corrected chi connectivity index (χ1v) is 7.81. The Labute approximate surface area is 132 Å². The van der Waals surface area contributed by atoms with Crippen molar-refractivity contribution in [3.8, 4) is 10.6 Å². The molecule has 0 saturated carbocycles. The van der Waals surface area contributed by atoms with Crippen LogP contribution in [0.15, 0.2) is 54.0 Å². The maximum absolute atomic E-state index is 12.1. The third-order valence-electron chi connectivity index (χ3n) is 3.19. The molecule has 5 heteroatoms. The summed E-state index contributed by atoms with van der Waals surface area (Å²) in [4.78, 5) is 20.7. The van der Waals surface area contributed by atoms with Crippen molar-refractivity contribution in [3.63, 3.8) is 0 Å². The van der Waals surface area contributed by atoms with Gasteiger partial charge in [0, 0.05) is 17.1 Å². The van der Waals surface area contributed by atoms with Crippen LogP contribution < -0.4 is 5.32 Å². The summed E-state index contributed by atoms with van der Waals surface area (Å²) in [6, 6.07) is 13.7. The van der Waals surface area contributed by atoms with Crippen molar-refractivity contribution in [3.05, 3.63) is 71.0 Å². The lowest BCUT2D eigenvalue weighted by Gasteiger charge is -2.02. The Bertz CT molecular complexity index is 766. The van der Waals surface area contributed by atoms with Crippen LogP contribution in [0.25, 0.3) is 10.6 Å². The van der Waals surface area contributed by atoms with E-state index in [4.69, 9.17) is 0 Å². The van der Waals surface area contributed by atoms with E-state index in [0.29, 0.717) is 12.2 Å². The minimum absolute atomic E-state index is 0.180. The second-order valence-electron chi connectivity index (χ2n) is 4.91. The minimum Gasteiger partial charge on any atom is -0.345 e. The third kappa shape index (κ3) is 3.38. The minimum atomic E-state index is -0.180. The second-order valence-corrected chi connectivity index (χ2v) is 5.77. The van der Waals surface area contributed by atoms with E-state index in [1.807, 2.05) is 49.4 Å². The molecule has 0 fully saturated rings. The molecule has 0 aliphatic rings. The second kappa shape index (κ2) is 6.49. The van der Waals surface area contributed by atoms with Crippen molar-refractivity contribution in [1.82, 2.24) is 15.3 Å². The fourth-order valence-corrected chi connectivity index (χ4v) is 2.78. The molecule has 1 N–H and O–H groups in total. The molecule has 3 rings (SSSR count). The van der Waals surface area contributed by atoms with Gasteiger partial charge in [-0.2, -0.15) is 0 Å². The van der Waals surface area contributed by atoms with Gasteiger partial charge in [-0.3, -0.25) is 9.78 Å². The number of rotatable bonds is 4. The highest BCUT2D eigenvalue weighted by atomic mass is 32.1. The van der Waals surface area contributed by atoms with E-state index in [0.717, 1.165) is 16.3 Å². The molecule has 2 aromatic heterocycles. The summed E-state index contributed by atoms with van der Waals surface area (Å²) in [5, 5.41) is 5.46.